The van der Waals surface area contributed by atoms with E-state index < -0.39 is 0 Å². The average molecular weight is 127 g/mol. The lowest BCUT2D eigenvalue weighted by Crippen LogP contribution is -2.34. The lowest BCUT2D eigenvalue weighted by Gasteiger charge is -2.17. The highest BCUT2D eigenvalue weighted by Crippen LogP contribution is 2.33. The summed E-state index contributed by atoms with van der Waals surface area (Å²) in [6.07, 6.45) is 2.09. The number of likely N-dealkylation sites (N-methyl/N-ethyl adjacent to an activating group) is 1. The van der Waals surface area contributed by atoms with Crippen LogP contribution in [0.15, 0.2) is 0 Å². The Labute approximate surface area is 53.6 Å². The topological polar surface area (TPSA) is 32.8 Å². The molecule has 9 heavy (non-hydrogen) atoms. The maximum atomic E-state index is 10.9. The molecule has 0 aliphatic carbocycles. The number of hydrogen-bond donors (Lipinski definition) is 0. The van der Waals surface area contributed by atoms with E-state index in [1.54, 1.807) is 11.9 Å². The van der Waals surface area contributed by atoms with E-state index in [-0.39, 0.29) is 12.1 Å². The second kappa shape index (κ2) is 1.48. The summed E-state index contributed by atoms with van der Waals surface area (Å²) >= 11 is 0. The van der Waals surface area contributed by atoms with Gasteiger partial charge in [-0.25, -0.2) is 0 Å². The minimum absolute atomic E-state index is 0.131. The molecule has 3 nitrogen and oxygen atoms in total. The first-order valence-electron chi connectivity index (χ1n) is 3.20. The van der Waals surface area contributed by atoms with E-state index in [9.17, 15) is 4.79 Å². The maximum Gasteiger partial charge on any atom is 0.224 e. The monoisotopic (exact) mass is 127 g/mol. The van der Waals surface area contributed by atoms with Crippen LogP contribution >= 0.6 is 0 Å². The number of carbonyl (C=O) groups excluding carboxylic acids is 1. The van der Waals surface area contributed by atoms with Crippen LogP contribution in [-0.4, -0.2) is 30.2 Å². The summed E-state index contributed by atoms with van der Waals surface area (Å²) in [5.74, 6) is 0.216. The summed E-state index contributed by atoms with van der Waals surface area (Å²) in [6, 6.07) is 0. The lowest BCUT2D eigenvalue weighted by atomic mass is 10.1. The number of rotatable bonds is 0. The number of carbonyl (C=O) groups is 1. The molecule has 0 aromatic rings. The highest BCUT2D eigenvalue weighted by molar-refractivity contribution is 5.77. The number of amides is 1. The standard InChI is InChI=1S/C6H9NO2/c1-7-5(8)3-2-4-6(7)9-4/h4,6H,2-3H2,1H3. The Morgan fingerprint density at radius 1 is 1.78 bits per heavy atom. The number of epoxide rings is 1. The maximum absolute atomic E-state index is 10.9. The minimum atomic E-state index is 0.131. The van der Waals surface area contributed by atoms with Crippen molar-refractivity contribution in [1.82, 2.24) is 4.90 Å². The van der Waals surface area contributed by atoms with E-state index in [2.05, 4.69) is 0 Å². The Hall–Kier alpha value is -0.570. The predicted octanol–water partition coefficient (Wildman–Crippen LogP) is -0.0365. The molecule has 2 aliphatic heterocycles. The highest BCUT2D eigenvalue weighted by atomic mass is 16.6. The van der Waals surface area contributed by atoms with Crippen molar-refractivity contribution in [1.29, 1.82) is 0 Å². The number of piperidine rings is 1. The molecule has 2 aliphatic rings. The molecule has 2 fully saturated rings. The van der Waals surface area contributed by atoms with Crippen molar-refractivity contribution >= 4 is 5.91 Å². The molecule has 50 valence electrons. The van der Waals surface area contributed by atoms with Gasteiger partial charge in [0.15, 0.2) is 6.23 Å². The van der Waals surface area contributed by atoms with Crippen molar-refractivity contribution in [2.75, 3.05) is 7.05 Å². The predicted molar refractivity (Wildman–Crippen MR) is 30.7 cm³/mol. The van der Waals surface area contributed by atoms with Crippen LogP contribution in [0.5, 0.6) is 0 Å². The molecule has 0 spiro atoms. The van der Waals surface area contributed by atoms with Crippen LogP contribution in [-0.2, 0) is 9.53 Å². The fourth-order valence-electron chi connectivity index (χ4n) is 1.27. The van der Waals surface area contributed by atoms with E-state index in [1.165, 1.54) is 0 Å². The Morgan fingerprint density at radius 2 is 2.56 bits per heavy atom. The molecular weight excluding hydrogens is 118 g/mol. The lowest BCUT2D eigenvalue weighted by molar-refractivity contribution is -0.132. The van der Waals surface area contributed by atoms with E-state index in [0.717, 1.165) is 6.42 Å². The Bertz CT molecular complexity index is 157. The van der Waals surface area contributed by atoms with Gasteiger partial charge in [0.2, 0.25) is 5.91 Å². The molecular formula is C6H9NO2. The molecule has 0 aromatic carbocycles. The van der Waals surface area contributed by atoms with Crippen molar-refractivity contribution in [2.45, 2.75) is 25.2 Å². The summed E-state index contributed by atoms with van der Waals surface area (Å²) in [4.78, 5) is 12.6. The van der Waals surface area contributed by atoms with E-state index in [4.69, 9.17) is 4.74 Å². The van der Waals surface area contributed by atoms with Gasteiger partial charge in [0, 0.05) is 13.5 Å². The van der Waals surface area contributed by atoms with Gasteiger partial charge in [-0.05, 0) is 6.42 Å². The fraction of sp³-hybridized carbons (Fsp3) is 0.833. The van der Waals surface area contributed by atoms with Gasteiger partial charge in [0.1, 0.15) is 6.10 Å². The third-order valence-electron chi connectivity index (χ3n) is 1.97. The van der Waals surface area contributed by atoms with Gasteiger partial charge >= 0.3 is 0 Å². The molecule has 2 unspecified atom stereocenters. The summed E-state index contributed by atoms with van der Waals surface area (Å²) in [5.41, 5.74) is 0. The van der Waals surface area contributed by atoms with Crippen LogP contribution in [0.3, 0.4) is 0 Å². The minimum Gasteiger partial charge on any atom is -0.348 e. The van der Waals surface area contributed by atoms with Crippen LogP contribution in [0.25, 0.3) is 0 Å². The van der Waals surface area contributed by atoms with Crippen molar-refractivity contribution in [3.05, 3.63) is 0 Å². The molecule has 0 bridgehead atoms. The first-order chi connectivity index (χ1) is 4.29. The SMILES string of the molecule is CN1C(=O)CCC2OC21. The third-order valence-corrected chi connectivity index (χ3v) is 1.97. The van der Waals surface area contributed by atoms with Gasteiger partial charge in [-0.3, -0.25) is 4.79 Å². The molecule has 0 radical (unpaired) electrons. The average Bonchev–Trinajstić information content (AvgIpc) is 2.58. The number of hydrogen-bond acceptors (Lipinski definition) is 2. The quantitative estimate of drug-likeness (QED) is 0.428. The first-order valence-corrected chi connectivity index (χ1v) is 3.20. The second-order valence-electron chi connectivity index (χ2n) is 2.61. The van der Waals surface area contributed by atoms with Gasteiger partial charge in [-0.1, -0.05) is 0 Å². The zero-order valence-electron chi connectivity index (χ0n) is 5.33. The molecule has 3 heteroatoms. The van der Waals surface area contributed by atoms with Crippen molar-refractivity contribution in [2.24, 2.45) is 0 Å². The fourth-order valence-corrected chi connectivity index (χ4v) is 1.27. The van der Waals surface area contributed by atoms with Crippen molar-refractivity contribution in [3.63, 3.8) is 0 Å². The Morgan fingerprint density at radius 3 is 3.22 bits per heavy atom. The number of likely N-dealkylation sites (tertiary alicyclic amines) is 1. The summed E-state index contributed by atoms with van der Waals surface area (Å²) < 4.78 is 5.17. The van der Waals surface area contributed by atoms with Crippen LogP contribution in [0.1, 0.15) is 12.8 Å². The van der Waals surface area contributed by atoms with Gasteiger partial charge in [0.25, 0.3) is 0 Å². The smallest absolute Gasteiger partial charge is 0.224 e. The van der Waals surface area contributed by atoms with Crippen LogP contribution in [0.2, 0.25) is 0 Å². The van der Waals surface area contributed by atoms with Gasteiger partial charge in [-0.15, -0.1) is 0 Å². The molecule has 0 saturated carbocycles. The number of fused-ring (bicyclic) bond motifs is 1. The van der Waals surface area contributed by atoms with Gasteiger partial charge in [0.05, 0.1) is 0 Å². The summed E-state index contributed by atoms with van der Waals surface area (Å²) in [6.45, 7) is 0. The van der Waals surface area contributed by atoms with Crippen LogP contribution in [0.4, 0.5) is 0 Å². The zero-order valence-corrected chi connectivity index (χ0v) is 5.33. The van der Waals surface area contributed by atoms with Gasteiger partial charge in [-0.2, -0.15) is 0 Å². The Kier molecular flexibility index (Phi) is 0.858. The highest BCUT2D eigenvalue weighted by Gasteiger charge is 2.47. The molecule has 2 rings (SSSR count). The first kappa shape index (κ1) is 5.23. The number of nitrogens with zero attached hydrogens (tertiary/aromatic N) is 1. The Balaban J connectivity index is 2.10. The molecule has 2 saturated heterocycles. The normalized spacial score (nSPS) is 40.6. The van der Waals surface area contributed by atoms with E-state index in [0.29, 0.717) is 12.5 Å². The second-order valence-corrected chi connectivity index (χ2v) is 2.61. The molecule has 0 aromatic heterocycles. The van der Waals surface area contributed by atoms with Crippen LogP contribution < -0.4 is 0 Å². The zero-order chi connectivity index (χ0) is 6.43. The van der Waals surface area contributed by atoms with E-state index in [1.807, 2.05) is 0 Å². The molecule has 2 atom stereocenters. The summed E-state index contributed by atoms with van der Waals surface area (Å²) in [7, 11) is 1.80. The number of ether oxygens (including phenoxy) is 1. The molecule has 1 amide bonds. The molecule has 2 heterocycles. The van der Waals surface area contributed by atoms with E-state index >= 15 is 0 Å². The van der Waals surface area contributed by atoms with Crippen molar-refractivity contribution in [3.8, 4) is 0 Å². The summed E-state index contributed by atoms with van der Waals surface area (Å²) in [5, 5.41) is 0. The third kappa shape index (κ3) is 0.645. The van der Waals surface area contributed by atoms with Crippen molar-refractivity contribution < 1.29 is 9.53 Å². The molecule has 0 N–H and O–H groups in total. The largest absolute Gasteiger partial charge is 0.348 e. The van der Waals surface area contributed by atoms with Gasteiger partial charge < -0.3 is 9.64 Å². The van der Waals surface area contributed by atoms with Crippen LogP contribution in [0, 0.1) is 0 Å².